The zero-order valence-corrected chi connectivity index (χ0v) is 11.6. The van der Waals surface area contributed by atoms with E-state index in [1.807, 2.05) is 0 Å². The molecule has 9 heteroatoms. The zero-order valence-electron chi connectivity index (χ0n) is 11.6. The van der Waals surface area contributed by atoms with Crippen molar-refractivity contribution in [3.8, 4) is 0 Å². The SMILES string of the molecule is Nc1ccc(C(=O)c2cc(C(F)(F)F)cc(C(F)(F)F)c2)c(F)c1. The van der Waals surface area contributed by atoms with Crippen molar-refractivity contribution < 1.29 is 35.5 Å². The number of rotatable bonds is 2. The molecule has 0 aliphatic rings. The first-order chi connectivity index (χ1) is 10.9. The largest absolute Gasteiger partial charge is 0.416 e. The van der Waals surface area contributed by atoms with Crippen molar-refractivity contribution in [3.05, 3.63) is 64.5 Å². The summed E-state index contributed by atoms with van der Waals surface area (Å²) in [6.45, 7) is 0. The summed E-state index contributed by atoms with van der Waals surface area (Å²) in [5.74, 6) is -2.46. The minimum Gasteiger partial charge on any atom is -0.399 e. The van der Waals surface area contributed by atoms with Crippen molar-refractivity contribution in [1.29, 1.82) is 0 Å². The van der Waals surface area contributed by atoms with Crippen molar-refractivity contribution in [1.82, 2.24) is 0 Å². The fraction of sp³-hybridized carbons (Fsp3) is 0.133. The minimum absolute atomic E-state index is 0.0518. The number of nitrogens with two attached hydrogens (primary N) is 1. The molecule has 2 N–H and O–H groups in total. The Morgan fingerprint density at radius 3 is 1.75 bits per heavy atom. The third-order valence-corrected chi connectivity index (χ3v) is 3.09. The van der Waals surface area contributed by atoms with Crippen molar-refractivity contribution in [2.45, 2.75) is 12.4 Å². The maximum Gasteiger partial charge on any atom is 0.416 e. The third-order valence-electron chi connectivity index (χ3n) is 3.09. The highest BCUT2D eigenvalue weighted by Gasteiger charge is 2.37. The molecule has 0 bridgehead atoms. The molecule has 128 valence electrons. The first-order valence-electron chi connectivity index (χ1n) is 6.29. The lowest BCUT2D eigenvalue weighted by atomic mass is 9.97. The van der Waals surface area contributed by atoms with Crippen LogP contribution in [0.15, 0.2) is 36.4 Å². The van der Waals surface area contributed by atoms with Gasteiger partial charge in [0, 0.05) is 11.3 Å². The average molecular weight is 351 g/mol. The van der Waals surface area contributed by atoms with Gasteiger partial charge >= 0.3 is 12.4 Å². The van der Waals surface area contributed by atoms with Crippen LogP contribution in [0.3, 0.4) is 0 Å². The van der Waals surface area contributed by atoms with Crippen LogP contribution < -0.4 is 5.73 Å². The number of carbonyl (C=O) groups is 1. The summed E-state index contributed by atoms with van der Waals surface area (Å²) in [5, 5.41) is 0. The van der Waals surface area contributed by atoms with Crippen LogP contribution in [0.1, 0.15) is 27.0 Å². The number of carbonyl (C=O) groups excluding carboxylic acids is 1. The molecule has 2 nitrogen and oxygen atoms in total. The third kappa shape index (κ3) is 3.66. The lowest BCUT2D eigenvalue weighted by molar-refractivity contribution is -0.143. The van der Waals surface area contributed by atoms with E-state index in [-0.39, 0.29) is 23.9 Å². The summed E-state index contributed by atoms with van der Waals surface area (Å²) in [7, 11) is 0. The van der Waals surface area contributed by atoms with E-state index >= 15 is 0 Å². The van der Waals surface area contributed by atoms with Gasteiger partial charge in [-0.3, -0.25) is 4.79 Å². The van der Waals surface area contributed by atoms with E-state index in [1.54, 1.807) is 0 Å². The number of halogens is 7. The van der Waals surface area contributed by atoms with Gasteiger partial charge in [0.1, 0.15) is 5.82 Å². The molecular weight excluding hydrogens is 343 g/mol. The summed E-state index contributed by atoms with van der Waals surface area (Å²) < 4.78 is 90.3. The Kier molecular flexibility index (Phi) is 4.30. The molecule has 0 amide bonds. The quantitative estimate of drug-likeness (QED) is 0.485. The van der Waals surface area contributed by atoms with Gasteiger partial charge in [0.25, 0.3) is 0 Å². The van der Waals surface area contributed by atoms with E-state index in [0.717, 1.165) is 18.2 Å². The lowest BCUT2D eigenvalue weighted by Crippen LogP contribution is -2.14. The summed E-state index contributed by atoms with van der Waals surface area (Å²) in [5.41, 5.74) is 0.303. The predicted octanol–water partition coefficient (Wildman–Crippen LogP) is 4.68. The van der Waals surface area contributed by atoms with Crippen molar-refractivity contribution in [2.24, 2.45) is 0 Å². The van der Waals surface area contributed by atoms with Crippen LogP contribution in [0.4, 0.5) is 36.4 Å². The van der Waals surface area contributed by atoms with Gasteiger partial charge in [-0.05, 0) is 36.4 Å². The van der Waals surface area contributed by atoms with Gasteiger partial charge in [0.15, 0.2) is 5.78 Å². The highest BCUT2D eigenvalue weighted by Crippen LogP contribution is 2.36. The van der Waals surface area contributed by atoms with Crippen LogP contribution in [0, 0.1) is 5.82 Å². The molecule has 2 aromatic rings. The number of hydrogen-bond acceptors (Lipinski definition) is 2. The lowest BCUT2D eigenvalue weighted by Gasteiger charge is -2.14. The second-order valence-electron chi connectivity index (χ2n) is 4.86. The zero-order chi connectivity index (χ0) is 18.3. The summed E-state index contributed by atoms with van der Waals surface area (Å²) in [6.07, 6.45) is -10.2. The Balaban J connectivity index is 2.62. The Morgan fingerprint density at radius 1 is 0.833 bits per heavy atom. The maximum atomic E-state index is 13.7. The van der Waals surface area contributed by atoms with Crippen LogP contribution in [0.2, 0.25) is 0 Å². The van der Waals surface area contributed by atoms with Gasteiger partial charge < -0.3 is 5.73 Å². The second kappa shape index (κ2) is 5.81. The summed E-state index contributed by atoms with van der Waals surface area (Å²) in [6, 6.07) is 3.11. The summed E-state index contributed by atoms with van der Waals surface area (Å²) in [4.78, 5) is 12.1. The van der Waals surface area contributed by atoms with E-state index in [2.05, 4.69) is 0 Å². The van der Waals surface area contributed by atoms with Gasteiger partial charge in [-0.2, -0.15) is 26.3 Å². The molecule has 0 saturated heterocycles. The average Bonchev–Trinajstić information content (AvgIpc) is 2.44. The first kappa shape index (κ1) is 17.8. The van der Waals surface area contributed by atoms with Crippen LogP contribution >= 0.6 is 0 Å². The number of benzene rings is 2. The fourth-order valence-corrected chi connectivity index (χ4v) is 1.96. The molecule has 0 unspecified atom stereocenters. The van der Waals surface area contributed by atoms with E-state index in [0.29, 0.717) is 0 Å². The highest BCUT2D eigenvalue weighted by atomic mass is 19.4. The molecule has 0 spiro atoms. The molecule has 0 fully saturated rings. The predicted molar refractivity (Wildman–Crippen MR) is 70.7 cm³/mol. The van der Waals surface area contributed by atoms with Gasteiger partial charge in [0.05, 0.1) is 16.7 Å². The normalized spacial score (nSPS) is 12.3. The van der Waals surface area contributed by atoms with Gasteiger partial charge in [0.2, 0.25) is 0 Å². The van der Waals surface area contributed by atoms with Crippen molar-refractivity contribution >= 4 is 11.5 Å². The van der Waals surface area contributed by atoms with Gasteiger partial charge in [-0.1, -0.05) is 0 Å². The Labute approximate surface area is 130 Å². The van der Waals surface area contributed by atoms with Gasteiger partial charge in [-0.25, -0.2) is 4.39 Å². The van der Waals surface area contributed by atoms with E-state index in [9.17, 15) is 35.5 Å². The first-order valence-corrected chi connectivity index (χ1v) is 6.29. The molecule has 0 saturated carbocycles. The number of ketones is 1. The second-order valence-corrected chi connectivity index (χ2v) is 4.86. The Bertz CT molecular complexity index is 761. The van der Waals surface area contributed by atoms with Crippen molar-refractivity contribution in [2.75, 3.05) is 5.73 Å². The number of anilines is 1. The molecule has 0 aliphatic heterocycles. The molecule has 0 atom stereocenters. The molecule has 0 heterocycles. The Hall–Kier alpha value is -2.58. The minimum atomic E-state index is -5.10. The van der Waals surface area contributed by atoms with E-state index in [4.69, 9.17) is 5.73 Å². The fourth-order valence-electron chi connectivity index (χ4n) is 1.96. The molecule has 24 heavy (non-hydrogen) atoms. The molecule has 2 aromatic carbocycles. The number of nitrogen functional groups attached to an aromatic ring is 1. The van der Waals surface area contributed by atoms with Crippen LogP contribution in [0.25, 0.3) is 0 Å². The molecular formula is C15H8F7NO. The van der Waals surface area contributed by atoms with Crippen LogP contribution in [-0.4, -0.2) is 5.78 Å². The van der Waals surface area contributed by atoms with E-state index < -0.39 is 46.2 Å². The van der Waals surface area contributed by atoms with E-state index in [1.165, 1.54) is 0 Å². The van der Waals surface area contributed by atoms with Crippen molar-refractivity contribution in [3.63, 3.8) is 0 Å². The molecule has 0 aliphatic carbocycles. The van der Waals surface area contributed by atoms with Gasteiger partial charge in [-0.15, -0.1) is 0 Å². The topological polar surface area (TPSA) is 43.1 Å². The number of alkyl halides is 6. The molecule has 0 aromatic heterocycles. The maximum absolute atomic E-state index is 13.7. The smallest absolute Gasteiger partial charge is 0.399 e. The standard InChI is InChI=1S/C15H8F7NO/c16-12-6-10(23)1-2-11(12)13(24)7-3-8(14(17,18)19)5-9(4-7)15(20,21)22/h1-6H,23H2. The van der Waals surface area contributed by atoms with Crippen LogP contribution in [0.5, 0.6) is 0 Å². The number of hydrogen-bond donors (Lipinski definition) is 1. The summed E-state index contributed by atoms with van der Waals surface area (Å²) >= 11 is 0. The monoisotopic (exact) mass is 351 g/mol. The molecule has 2 rings (SSSR count). The highest BCUT2D eigenvalue weighted by molar-refractivity contribution is 6.09. The Morgan fingerprint density at radius 2 is 1.33 bits per heavy atom. The van der Waals surface area contributed by atoms with Crippen LogP contribution in [-0.2, 0) is 12.4 Å². The molecule has 0 radical (unpaired) electrons.